The second kappa shape index (κ2) is 6.61. The van der Waals surface area contributed by atoms with Crippen LogP contribution in [0.1, 0.15) is 20.3 Å². The topological polar surface area (TPSA) is 63.2 Å². The maximum Gasteiger partial charge on any atom is 0.330 e. The molecule has 0 heterocycles. The van der Waals surface area contributed by atoms with Gasteiger partial charge in [-0.1, -0.05) is 0 Å². The van der Waals surface area contributed by atoms with Crippen molar-refractivity contribution in [1.29, 1.82) is 0 Å². The molecule has 0 amide bonds. The van der Waals surface area contributed by atoms with Gasteiger partial charge in [0.25, 0.3) is 0 Å². The number of quaternary nitrogens is 1. The van der Waals surface area contributed by atoms with Crippen LogP contribution in [-0.2, 0) is 13.6 Å². The Hall–Kier alpha value is 0.110. The molecule has 12 heavy (non-hydrogen) atoms. The van der Waals surface area contributed by atoms with Gasteiger partial charge in [-0.2, -0.15) is 0 Å². The summed E-state index contributed by atoms with van der Waals surface area (Å²) in [4.78, 5) is 0. The highest BCUT2D eigenvalue weighted by atomic mass is 31.2. The van der Waals surface area contributed by atoms with E-state index in [2.05, 4.69) is 5.73 Å². The zero-order chi connectivity index (χ0) is 9.45. The van der Waals surface area contributed by atoms with E-state index in [0.717, 1.165) is 13.0 Å². The van der Waals surface area contributed by atoms with E-state index in [4.69, 9.17) is 9.05 Å². The first-order valence-corrected chi connectivity index (χ1v) is 6.08. The average Bonchev–Trinajstić information content (AvgIpc) is 2.02. The largest absolute Gasteiger partial charge is 0.358 e. The third-order valence-electron chi connectivity index (χ3n) is 1.33. The van der Waals surface area contributed by atoms with E-state index in [1.165, 1.54) is 0 Å². The lowest BCUT2D eigenvalue weighted by Gasteiger charge is -2.15. The SMILES string of the molecule is CCOP(=O)(CCC[NH3+])OCC. The lowest BCUT2D eigenvalue weighted by Crippen LogP contribution is -2.50. The number of hydrogen-bond donors (Lipinski definition) is 1. The van der Waals surface area contributed by atoms with Gasteiger partial charge in [-0.05, 0) is 13.8 Å². The fourth-order valence-corrected chi connectivity index (χ4v) is 2.60. The van der Waals surface area contributed by atoms with Crippen molar-refractivity contribution in [3.05, 3.63) is 0 Å². The first-order chi connectivity index (χ1) is 5.68. The Morgan fingerprint density at radius 3 is 2.08 bits per heavy atom. The Labute approximate surface area is 74.0 Å². The summed E-state index contributed by atoms with van der Waals surface area (Å²) in [6, 6.07) is 0. The Bertz CT molecular complexity index is 142. The van der Waals surface area contributed by atoms with E-state index in [1.807, 2.05) is 13.8 Å². The van der Waals surface area contributed by atoms with Crippen molar-refractivity contribution >= 4 is 7.60 Å². The van der Waals surface area contributed by atoms with Gasteiger partial charge in [0.1, 0.15) is 0 Å². The van der Waals surface area contributed by atoms with Gasteiger partial charge in [0, 0.05) is 6.42 Å². The third kappa shape index (κ3) is 4.88. The fourth-order valence-electron chi connectivity index (χ4n) is 0.865. The zero-order valence-corrected chi connectivity index (χ0v) is 8.81. The van der Waals surface area contributed by atoms with Crippen molar-refractivity contribution in [2.24, 2.45) is 0 Å². The fraction of sp³-hybridized carbons (Fsp3) is 1.00. The molecule has 0 spiro atoms. The second-order valence-corrected chi connectivity index (χ2v) is 4.56. The van der Waals surface area contributed by atoms with Crippen LogP contribution in [0.4, 0.5) is 0 Å². The standard InChI is InChI=1S/C7H18NO3P/c1-3-10-12(9,11-4-2)7-5-6-8/h3-8H2,1-2H3/p+1. The quantitative estimate of drug-likeness (QED) is 0.615. The predicted octanol–water partition coefficient (Wildman–Crippen LogP) is 0.884. The predicted molar refractivity (Wildman–Crippen MR) is 48.1 cm³/mol. The van der Waals surface area contributed by atoms with Crippen LogP contribution >= 0.6 is 7.60 Å². The van der Waals surface area contributed by atoms with Crippen molar-refractivity contribution < 1.29 is 19.3 Å². The molecule has 0 aliphatic rings. The third-order valence-corrected chi connectivity index (χ3v) is 3.50. The van der Waals surface area contributed by atoms with E-state index < -0.39 is 7.60 Å². The first-order valence-electron chi connectivity index (χ1n) is 4.36. The van der Waals surface area contributed by atoms with Gasteiger partial charge >= 0.3 is 7.60 Å². The maximum absolute atomic E-state index is 11.7. The van der Waals surface area contributed by atoms with Crippen LogP contribution < -0.4 is 5.73 Å². The molecule has 5 heteroatoms. The van der Waals surface area contributed by atoms with E-state index in [-0.39, 0.29) is 0 Å². The highest BCUT2D eigenvalue weighted by molar-refractivity contribution is 7.53. The van der Waals surface area contributed by atoms with Gasteiger partial charge in [-0.3, -0.25) is 4.57 Å². The van der Waals surface area contributed by atoms with E-state index in [0.29, 0.717) is 19.4 Å². The van der Waals surface area contributed by atoms with E-state index in [1.54, 1.807) is 0 Å². The molecule has 0 saturated carbocycles. The van der Waals surface area contributed by atoms with Gasteiger partial charge in [-0.15, -0.1) is 0 Å². The van der Waals surface area contributed by atoms with E-state index >= 15 is 0 Å². The number of hydrogen-bond acceptors (Lipinski definition) is 3. The minimum Gasteiger partial charge on any atom is -0.358 e. The Morgan fingerprint density at radius 2 is 1.75 bits per heavy atom. The molecule has 3 N–H and O–H groups in total. The Morgan fingerprint density at radius 1 is 1.25 bits per heavy atom. The normalized spacial score (nSPS) is 11.9. The monoisotopic (exact) mass is 196 g/mol. The molecule has 0 saturated heterocycles. The molecule has 0 aromatic rings. The summed E-state index contributed by atoms with van der Waals surface area (Å²) in [7, 11) is -2.78. The Balaban J connectivity index is 3.90. The lowest BCUT2D eigenvalue weighted by atomic mass is 10.5. The van der Waals surface area contributed by atoms with Crippen LogP contribution in [0.5, 0.6) is 0 Å². The van der Waals surface area contributed by atoms with Crippen LogP contribution in [0.15, 0.2) is 0 Å². The average molecular weight is 196 g/mol. The molecule has 0 aromatic carbocycles. The van der Waals surface area contributed by atoms with Crippen LogP contribution in [0, 0.1) is 0 Å². The summed E-state index contributed by atoms with van der Waals surface area (Å²) in [6.07, 6.45) is 1.27. The molecule has 74 valence electrons. The van der Waals surface area contributed by atoms with Crippen molar-refractivity contribution in [3.63, 3.8) is 0 Å². The molecule has 0 aliphatic carbocycles. The molecule has 0 radical (unpaired) electrons. The Kier molecular flexibility index (Phi) is 6.67. The molecule has 0 aliphatic heterocycles. The molecule has 0 bridgehead atoms. The molecular formula is C7H19NO3P+. The van der Waals surface area contributed by atoms with Gasteiger partial charge in [0.15, 0.2) is 0 Å². The zero-order valence-electron chi connectivity index (χ0n) is 7.91. The van der Waals surface area contributed by atoms with Gasteiger partial charge in [0.2, 0.25) is 0 Å². The highest BCUT2D eigenvalue weighted by Crippen LogP contribution is 2.48. The lowest BCUT2D eigenvalue weighted by molar-refractivity contribution is -0.367. The molecule has 0 unspecified atom stereocenters. The molecule has 0 fully saturated rings. The minimum absolute atomic E-state index is 0.439. The minimum atomic E-state index is -2.78. The highest BCUT2D eigenvalue weighted by Gasteiger charge is 2.22. The van der Waals surface area contributed by atoms with Gasteiger partial charge in [0.05, 0.1) is 25.9 Å². The molecule has 4 nitrogen and oxygen atoms in total. The van der Waals surface area contributed by atoms with E-state index in [9.17, 15) is 4.57 Å². The second-order valence-electron chi connectivity index (χ2n) is 2.38. The first kappa shape index (κ1) is 12.1. The smallest absolute Gasteiger partial charge is 0.330 e. The van der Waals surface area contributed by atoms with Crippen molar-refractivity contribution in [1.82, 2.24) is 0 Å². The summed E-state index contributed by atoms with van der Waals surface area (Å²) >= 11 is 0. The summed E-state index contributed by atoms with van der Waals surface area (Å²) in [5, 5.41) is 0. The van der Waals surface area contributed by atoms with Crippen LogP contribution in [-0.4, -0.2) is 25.9 Å². The van der Waals surface area contributed by atoms with Crippen molar-refractivity contribution in [3.8, 4) is 0 Å². The summed E-state index contributed by atoms with van der Waals surface area (Å²) in [6.45, 7) is 5.28. The van der Waals surface area contributed by atoms with Crippen molar-refractivity contribution in [2.45, 2.75) is 20.3 Å². The summed E-state index contributed by atoms with van der Waals surface area (Å²) < 4.78 is 21.9. The maximum atomic E-state index is 11.7. The number of rotatable bonds is 7. The summed E-state index contributed by atoms with van der Waals surface area (Å²) in [5.41, 5.74) is 3.68. The van der Waals surface area contributed by atoms with Crippen molar-refractivity contribution in [2.75, 3.05) is 25.9 Å². The van der Waals surface area contributed by atoms with Gasteiger partial charge in [-0.25, -0.2) is 0 Å². The van der Waals surface area contributed by atoms with Crippen LogP contribution in [0.2, 0.25) is 0 Å². The summed E-state index contributed by atoms with van der Waals surface area (Å²) in [5.74, 6) is 0. The molecule has 0 atom stereocenters. The van der Waals surface area contributed by atoms with Gasteiger partial charge < -0.3 is 14.8 Å². The van der Waals surface area contributed by atoms with Crippen LogP contribution in [0.3, 0.4) is 0 Å². The van der Waals surface area contributed by atoms with Crippen LogP contribution in [0.25, 0.3) is 0 Å². The molecular weight excluding hydrogens is 177 g/mol. The molecule has 0 aromatic heterocycles. The molecule has 0 rings (SSSR count).